The van der Waals surface area contributed by atoms with Gasteiger partial charge in [-0.2, -0.15) is 0 Å². The van der Waals surface area contributed by atoms with Crippen LogP contribution >= 0.6 is 11.6 Å². The van der Waals surface area contributed by atoms with Crippen LogP contribution in [0.3, 0.4) is 0 Å². The van der Waals surface area contributed by atoms with Gasteiger partial charge >= 0.3 is 0 Å². The molecular formula is C13H11ClFN. The summed E-state index contributed by atoms with van der Waals surface area (Å²) in [6, 6.07) is 9.86. The fraction of sp³-hybridized carbons (Fsp3) is 0.0769. The van der Waals surface area contributed by atoms with Crippen molar-refractivity contribution in [3.8, 4) is 11.1 Å². The highest BCUT2D eigenvalue weighted by atomic mass is 35.5. The Kier molecular flexibility index (Phi) is 2.84. The van der Waals surface area contributed by atoms with Crippen molar-refractivity contribution >= 4 is 17.3 Å². The Bertz CT molecular complexity index is 537. The standard InChI is InChI=1S/C13H11ClFN/c1-8-6-9(2-4-12(8)14)11-7-10(15)3-5-13(11)16/h2-7H,16H2,1H3. The molecule has 0 atom stereocenters. The Morgan fingerprint density at radius 2 is 1.88 bits per heavy atom. The third-order valence-electron chi connectivity index (χ3n) is 2.48. The van der Waals surface area contributed by atoms with Crippen molar-refractivity contribution in [2.75, 3.05) is 5.73 Å². The highest BCUT2D eigenvalue weighted by molar-refractivity contribution is 6.31. The van der Waals surface area contributed by atoms with Crippen LogP contribution in [0.1, 0.15) is 5.56 Å². The number of anilines is 1. The van der Waals surface area contributed by atoms with Crippen LogP contribution in [0.4, 0.5) is 10.1 Å². The zero-order valence-electron chi connectivity index (χ0n) is 8.80. The molecule has 0 amide bonds. The minimum atomic E-state index is -0.295. The Balaban J connectivity index is 2.58. The molecule has 0 aliphatic rings. The van der Waals surface area contributed by atoms with Crippen LogP contribution in [0, 0.1) is 12.7 Å². The number of hydrogen-bond donors (Lipinski definition) is 1. The summed E-state index contributed by atoms with van der Waals surface area (Å²) >= 11 is 5.93. The smallest absolute Gasteiger partial charge is 0.123 e. The molecule has 3 heteroatoms. The van der Waals surface area contributed by atoms with Gasteiger partial charge in [-0.25, -0.2) is 4.39 Å². The number of benzene rings is 2. The summed E-state index contributed by atoms with van der Waals surface area (Å²) in [4.78, 5) is 0. The maximum atomic E-state index is 13.1. The van der Waals surface area contributed by atoms with Crippen LogP contribution in [0.15, 0.2) is 36.4 Å². The molecule has 2 aromatic rings. The molecule has 2 rings (SSSR count). The maximum Gasteiger partial charge on any atom is 0.123 e. The van der Waals surface area contributed by atoms with E-state index in [-0.39, 0.29) is 5.82 Å². The lowest BCUT2D eigenvalue weighted by atomic mass is 10.0. The molecule has 2 aromatic carbocycles. The van der Waals surface area contributed by atoms with Gasteiger partial charge in [0, 0.05) is 16.3 Å². The molecule has 0 fully saturated rings. The molecule has 0 heterocycles. The van der Waals surface area contributed by atoms with Crippen LogP contribution in [-0.4, -0.2) is 0 Å². The maximum absolute atomic E-state index is 13.1. The summed E-state index contributed by atoms with van der Waals surface area (Å²) < 4.78 is 13.1. The molecule has 16 heavy (non-hydrogen) atoms. The molecule has 0 aliphatic heterocycles. The zero-order valence-corrected chi connectivity index (χ0v) is 9.55. The first kappa shape index (κ1) is 11.0. The van der Waals surface area contributed by atoms with Crippen LogP contribution in [-0.2, 0) is 0 Å². The van der Waals surface area contributed by atoms with Crippen molar-refractivity contribution in [3.05, 3.63) is 52.8 Å². The van der Waals surface area contributed by atoms with Crippen molar-refractivity contribution in [1.82, 2.24) is 0 Å². The molecule has 0 saturated heterocycles. The van der Waals surface area contributed by atoms with E-state index in [1.165, 1.54) is 12.1 Å². The number of halogens is 2. The molecule has 0 aliphatic carbocycles. The van der Waals surface area contributed by atoms with E-state index in [2.05, 4.69) is 0 Å². The molecule has 0 radical (unpaired) electrons. The predicted molar refractivity (Wildman–Crippen MR) is 66.0 cm³/mol. The van der Waals surface area contributed by atoms with Gasteiger partial charge in [-0.15, -0.1) is 0 Å². The fourth-order valence-corrected chi connectivity index (χ4v) is 1.71. The van der Waals surface area contributed by atoms with E-state index < -0.39 is 0 Å². The molecular weight excluding hydrogens is 225 g/mol. The van der Waals surface area contributed by atoms with Crippen LogP contribution < -0.4 is 5.73 Å². The molecule has 1 nitrogen and oxygen atoms in total. The minimum absolute atomic E-state index is 0.295. The van der Waals surface area contributed by atoms with E-state index in [4.69, 9.17) is 17.3 Å². The van der Waals surface area contributed by atoms with Crippen molar-refractivity contribution < 1.29 is 4.39 Å². The fourth-order valence-electron chi connectivity index (χ4n) is 1.59. The SMILES string of the molecule is Cc1cc(-c2cc(F)ccc2N)ccc1Cl. The van der Waals surface area contributed by atoms with Gasteiger partial charge in [0.25, 0.3) is 0 Å². The average molecular weight is 236 g/mol. The van der Waals surface area contributed by atoms with E-state index in [0.29, 0.717) is 16.3 Å². The van der Waals surface area contributed by atoms with E-state index in [9.17, 15) is 4.39 Å². The summed E-state index contributed by atoms with van der Waals surface area (Å²) in [5.41, 5.74) is 8.88. The Hall–Kier alpha value is -1.54. The number of nitrogens with two attached hydrogens (primary N) is 1. The Morgan fingerprint density at radius 1 is 1.12 bits per heavy atom. The quantitative estimate of drug-likeness (QED) is 0.742. The summed E-state index contributed by atoms with van der Waals surface area (Å²) in [7, 11) is 0. The average Bonchev–Trinajstić information content (AvgIpc) is 2.26. The number of nitrogen functional groups attached to an aromatic ring is 1. The van der Waals surface area contributed by atoms with Crippen molar-refractivity contribution in [2.45, 2.75) is 6.92 Å². The van der Waals surface area contributed by atoms with Gasteiger partial charge in [0.05, 0.1) is 0 Å². The molecule has 0 bridgehead atoms. The van der Waals surface area contributed by atoms with Gasteiger partial charge < -0.3 is 5.73 Å². The number of hydrogen-bond acceptors (Lipinski definition) is 1. The van der Waals surface area contributed by atoms with Gasteiger partial charge in [-0.05, 0) is 48.4 Å². The third kappa shape index (κ3) is 2.02. The van der Waals surface area contributed by atoms with Crippen molar-refractivity contribution in [3.63, 3.8) is 0 Å². The Labute approximate surface area is 98.7 Å². The van der Waals surface area contributed by atoms with Gasteiger partial charge in [0.2, 0.25) is 0 Å². The van der Waals surface area contributed by atoms with Gasteiger partial charge in [-0.3, -0.25) is 0 Å². The summed E-state index contributed by atoms with van der Waals surface area (Å²) in [5, 5.41) is 0.693. The third-order valence-corrected chi connectivity index (χ3v) is 2.91. The normalized spacial score (nSPS) is 10.4. The summed E-state index contributed by atoms with van der Waals surface area (Å²) in [6.45, 7) is 1.90. The van der Waals surface area contributed by atoms with Gasteiger partial charge in [0.1, 0.15) is 5.82 Å². The van der Waals surface area contributed by atoms with Crippen molar-refractivity contribution in [1.29, 1.82) is 0 Å². The van der Waals surface area contributed by atoms with Crippen molar-refractivity contribution in [2.24, 2.45) is 0 Å². The monoisotopic (exact) mass is 235 g/mol. The summed E-state index contributed by atoms with van der Waals surface area (Å²) in [6.07, 6.45) is 0. The topological polar surface area (TPSA) is 26.0 Å². The number of rotatable bonds is 1. The first-order valence-corrected chi connectivity index (χ1v) is 5.27. The van der Waals surface area contributed by atoms with E-state index in [0.717, 1.165) is 11.1 Å². The number of aryl methyl sites for hydroxylation is 1. The summed E-state index contributed by atoms with van der Waals surface area (Å²) in [5.74, 6) is -0.295. The first-order chi connectivity index (χ1) is 7.58. The van der Waals surface area contributed by atoms with Crippen LogP contribution in [0.5, 0.6) is 0 Å². The lowest BCUT2D eigenvalue weighted by Crippen LogP contribution is -1.91. The molecule has 0 saturated carbocycles. The molecule has 2 N–H and O–H groups in total. The predicted octanol–water partition coefficient (Wildman–Crippen LogP) is 4.04. The van der Waals surface area contributed by atoms with Crippen LogP contribution in [0.2, 0.25) is 5.02 Å². The lowest BCUT2D eigenvalue weighted by Gasteiger charge is -2.07. The molecule has 82 valence electrons. The van der Waals surface area contributed by atoms with E-state index >= 15 is 0 Å². The first-order valence-electron chi connectivity index (χ1n) is 4.89. The van der Waals surface area contributed by atoms with Crippen LogP contribution in [0.25, 0.3) is 11.1 Å². The minimum Gasteiger partial charge on any atom is -0.398 e. The second kappa shape index (κ2) is 4.14. The lowest BCUT2D eigenvalue weighted by molar-refractivity contribution is 0.628. The second-order valence-corrected chi connectivity index (χ2v) is 4.10. The largest absolute Gasteiger partial charge is 0.398 e. The Morgan fingerprint density at radius 3 is 2.56 bits per heavy atom. The molecule has 0 spiro atoms. The van der Waals surface area contributed by atoms with E-state index in [1.807, 2.05) is 19.1 Å². The molecule has 0 aromatic heterocycles. The molecule has 0 unspecified atom stereocenters. The highest BCUT2D eigenvalue weighted by Gasteiger charge is 2.05. The van der Waals surface area contributed by atoms with Gasteiger partial charge in [0.15, 0.2) is 0 Å². The van der Waals surface area contributed by atoms with Gasteiger partial charge in [-0.1, -0.05) is 17.7 Å². The second-order valence-electron chi connectivity index (χ2n) is 3.70. The zero-order chi connectivity index (χ0) is 11.7. The van der Waals surface area contributed by atoms with E-state index in [1.54, 1.807) is 12.1 Å². The highest BCUT2D eigenvalue weighted by Crippen LogP contribution is 2.29.